The van der Waals surface area contributed by atoms with Gasteiger partial charge in [-0.15, -0.1) is 0 Å². The normalized spacial score (nSPS) is 12.0. The van der Waals surface area contributed by atoms with Crippen LogP contribution < -0.4 is 0 Å². The van der Waals surface area contributed by atoms with Gasteiger partial charge in [0.15, 0.2) is 0 Å². The molecule has 0 unspecified atom stereocenters. The summed E-state index contributed by atoms with van der Waals surface area (Å²) in [6, 6.07) is 2.36. The van der Waals surface area contributed by atoms with E-state index in [1.165, 1.54) is 6.26 Å². The van der Waals surface area contributed by atoms with E-state index in [4.69, 9.17) is 5.26 Å². The van der Waals surface area contributed by atoms with Crippen LogP contribution in [-0.2, 0) is 9.84 Å². The van der Waals surface area contributed by atoms with E-state index in [0.29, 0.717) is 19.5 Å². The Hall–Kier alpha value is -0.600. The van der Waals surface area contributed by atoms with E-state index in [0.717, 1.165) is 0 Å². The predicted octanol–water partition coefficient (Wildman–Crippen LogP) is 0.655. The van der Waals surface area contributed by atoms with Crippen molar-refractivity contribution < 1.29 is 8.42 Å². The highest BCUT2D eigenvalue weighted by Gasteiger charge is 2.09. The van der Waals surface area contributed by atoms with Gasteiger partial charge in [0.25, 0.3) is 0 Å². The monoisotopic (exact) mass is 218 g/mol. The van der Waals surface area contributed by atoms with Crippen LogP contribution in [0.3, 0.4) is 0 Å². The van der Waals surface area contributed by atoms with Crippen molar-refractivity contribution in [3.63, 3.8) is 0 Å². The number of sulfone groups is 1. The quantitative estimate of drug-likeness (QED) is 0.614. The first-order valence-electron chi connectivity index (χ1n) is 4.65. The van der Waals surface area contributed by atoms with E-state index in [-0.39, 0.29) is 11.8 Å². The maximum Gasteiger partial charge on any atom is 0.147 e. The zero-order valence-corrected chi connectivity index (χ0v) is 9.84. The first-order valence-corrected chi connectivity index (χ1v) is 6.71. The Labute approximate surface area is 86.4 Å². The van der Waals surface area contributed by atoms with E-state index >= 15 is 0 Å². The standard InChI is InChI=1S/C9H18N2O2S/c1-9(2)11(7-5-10)6-4-8-14(3,12)13/h9H,4,6-8H2,1-3H3. The van der Waals surface area contributed by atoms with Gasteiger partial charge >= 0.3 is 0 Å². The molecular formula is C9H18N2O2S. The van der Waals surface area contributed by atoms with Crippen molar-refractivity contribution in [3.8, 4) is 6.07 Å². The van der Waals surface area contributed by atoms with Gasteiger partial charge in [-0.25, -0.2) is 8.42 Å². The molecule has 0 aliphatic heterocycles. The van der Waals surface area contributed by atoms with Crippen LogP contribution in [0.4, 0.5) is 0 Å². The molecule has 0 aliphatic rings. The zero-order chi connectivity index (χ0) is 11.2. The summed E-state index contributed by atoms with van der Waals surface area (Å²) in [6.45, 7) is 5.02. The molecule has 14 heavy (non-hydrogen) atoms. The molecular weight excluding hydrogens is 200 g/mol. The maximum absolute atomic E-state index is 10.9. The number of rotatable bonds is 6. The Morgan fingerprint density at radius 1 is 1.43 bits per heavy atom. The maximum atomic E-state index is 10.9. The van der Waals surface area contributed by atoms with Crippen molar-refractivity contribution in [1.29, 1.82) is 5.26 Å². The molecule has 0 amide bonds. The molecule has 0 fully saturated rings. The molecule has 0 spiro atoms. The van der Waals surface area contributed by atoms with Gasteiger partial charge in [-0.1, -0.05) is 0 Å². The first-order chi connectivity index (χ1) is 6.37. The lowest BCUT2D eigenvalue weighted by molar-refractivity contribution is 0.250. The number of hydrogen-bond donors (Lipinski definition) is 0. The van der Waals surface area contributed by atoms with Crippen LogP contribution in [0.2, 0.25) is 0 Å². The van der Waals surface area contributed by atoms with Crippen LogP contribution in [0.25, 0.3) is 0 Å². The fourth-order valence-electron chi connectivity index (χ4n) is 1.14. The van der Waals surface area contributed by atoms with Crippen LogP contribution in [0.1, 0.15) is 20.3 Å². The lowest BCUT2D eigenvalue weighted by Crippen LogP contribution is -2.33. The molecule has 0 rings (SSSR count). The van der Waals surface area contributed by atoms with Crippen molar-refractivity contribution in [1.82, 2.24) is 4.90 Å². The Morgan fingerprint density at radius 2 is 2.00 bits per heavy atom. The van der Waals surface area contributed by atoms with Gasteiger partial charge in [0.05, 0.1) is 18.4 Å². The van der Waals surface area contributed by atoms with Crippen LogP contribution in [0.15, 0.2) is 0 Å². The summed E-state index contributed by atoms with van der Waals surface area (Å²) in [6.07, 6.45) is 1.83. The second-order valence-corrected chi connectivity index (χ2v) is 5.97. The van der Waals surface area contributed by atoms with Crippen molar-refractivity contribution in [3.05, 3.63) is 0 Å². The largest absolute Gasteiger partial charge is 0.288 e. The molecule has 0 aromatic heterocycles. The fourth-order valence-corrected chi connectivity index (χ4v) is 1.79. The highest BCUT2D eigenvalue weighted by Crippen LogP contribution is 2.00. The third kappa shape index (κ3) is 6.87. The van der Waals surface area contributed by atoms with Crippen molar-refractivity contribution in [2.24, 2.45) is 0 Å². The minimum absolute atomic E-state index is 0.196. The number of hydrogen-bond acceptors (Lipinski definition) is 4. The summed E-state index contributed by atoms with van der Waals surface area (Å²) in [7, 11) is -2.87. The average molecular weight is 218 g/mol. The minimum Gasteiger partial charge on any atom is -0.288 e. The molecule has 5 heteroatoms. The summed E-state index contributed by atoms with van der Waals surface area (Å²) in [5, 5.41) is 8.53. The zero-order valence-electron chi connectivity index (χ0n) is 9.02. The lowest BCUT2D eigenvalue weighted by Gasteiger charge is -2.22. The van der Waals surface area contributed by atoms with Crippen molar-refractivity contribution in [2.45, 2.75) is 26.3 Å². The molecule has 0 aromatic rings. The van der Waals surface area contributed by atoms with Crippen LogP contribution in [0, 0.1) is 11.3 Å². The molecule has 0 heterocycles. The average Bonchev–Trinajstić information content (AvgIpc) is 2.00. The van der Waals surface area contributed by atoms with Gasteiger partial charge < -0.3 is 0 Å². The van der Waals surface area contributed by atoms with E-state index in [1.54, 1.807) is 0 Å². The Kier molecular flexibility index (Phi) is 5.73. The van der Waals surface area contributed by atoms with E-state index in [1.807, 2.05) is 18.7 Å². The third-order valence-corrected chi connectivity index (χ3v) is 2.99. The highest BCUT2D eigenvalue weighted by atomic mass is 32.2. The lowest BCUT2D eigenvalue weighted by atomic mass is 10.3. The Bertz CT molecular complexity index is 290. The molecule has 0 radical (unpaired) electrons. The van der Waals surface area contributed by atoms with Gasteiger partial charge in [-0.3, -0.25) is 4.90 Å². The smallest absolute Gasteiger partial charge is 0.147 e. The summed E-state index contributed by atoms with van der Waals surface area (Å²) in [5.41, 5.74) is 0. The third-order valence-electron chi connectivity index (χ3n) is 1.96. The van der Waals surface area contributed by atoms with Gasteiger partial charge in [-0.2, -0.15) is 5.26 Å². The molecule has 0 saturated heterocycles. The van der Waals surface area contributed by atoms with Gasteiger partial charge in [0.1, 0.15) is 9.84 Å². The van der Waals surface area contributed by atoms with Crippen LogP contribution >= 0.6 is 0 Å². The highest BCUT2D eigenvalue weighted by molar-refractivity contribution is 7.90. The Morgan fingerprint density at radius 3 is 2.36 bits per heavy atom. The number of nitrogens with zero attached hydrogens (tertiary/aromatic N) is 2. The molecule has 4 nitrogen and oxygen atoms in total. The first kappa shape index (κ1) is 13.4. The SMILES string of the molecule is CC(C)N(CC#N)CCCS(C)(=O)=O. The van der Waals surface area contributed by atoms with Gasteiger partial charge in [0, 0.05) is 18.8 Å². The second-order valence-electron chi connectivity index (χ2n) is 3.71. The van der Waals surface area contributed by atoms with Gasteiger partial charge in [-0.05, 0) is 20.3 Å². The summed E-state index contributed by atoms with van der Waals surface area (Å²) in [5.74, 6) is 0.196. The van der Waals surface area contributed by atoms with E-state index in [9.17, 15) is 8.42 Å². The molecule has 82 valence electrons. The topological polar surface area (TPSA) is 61.2 Å². The van der Waals surface area contributed by atoms with E-state index < -0.39 is 9.84 Å². The van der Waals surface area contributed by atoms with Crippen molar-refractivity contribution in [2.75, 3.05) is 25.1 Å². The fraction of sp³-hybridized carbons (Fsp3) is 0.889. The molecule has 0 aromatic carbocycles. The molecule has 0 bridgehead atoms. The number of nitriles is 1. The van der Waals surface area contributed by atoms with Crippen molar-refractivity contribution >= 4 is 9.84 Å². The predicted molar refractivity (Wildman–Crippen MR) is 56.6 cm³/mol. The minimum atomic E-state index is -2.87. The molecule has 0 aliphatic carbocycles. The summed E-state index contributed by atoms with van der Waals surface area (Å²) >= 11 is 0. The Balaban J connectivity index is 3.90. The summed E-state index contributed by atoms with van der Waals surface area (Å²) in [4.78, 5) is 1.96. The molecule has 0 N–H and O–H groups in total. The molecule has 0 saturated carbocycles. The van der Waals surface area contributed by atoms with E-state index in [2.05, 4.69) is 6.07 Å². The second kappa shape index (κ2) is 5.99. The van der Waals surface area contributed by atoms with Gasteiger partial charge in [0.2, 0.25) is 0 Å². The molecule has 0 atom stereocenters. The van der Waals surface area contributed by atoms with Crippen LogP contribution in [0.5, 0.6) is 0 Å². The summed E-state index contributed by atoms with van der Waals surface area (Å²) < 4.78 is 21.7. The van der Waals surface area contributed by atoms with Crippen LogP contribution in [-0.4, -0.2) is 44.5 Å².